The van der Waals surface area contributed by atoms with Gasteiger partial charge in [-0.15, -0.1) is 0 Å². The van der Waals surface area contributed by atoms with Crippen LogP contribution in [0.15, 0.2) is 41.2 Å². The zero-order chi connectivity index (χ0) is 13.9. The number of H-pyrrole nitrogens is 1. The molecule has 0 spiro atoms. The number of nitrogens with one attached hydrogen (secondary N) is 1. The van der Waals surface area contributed by atoms with E-state index in [2.05, 4.69) is 51.2 Å². The zero-order valence-corrected chi connectivity index (χ0v) is 11.5. The van der Waals surface area contributed by atoms with Gasteiger partial charge >= 0.3 is 0 Å². The monoisotopic (exact) mass is 270 g/mol. The maximum Gasteiger partial charge on any atom is 0.264 e. The summed E-state index contributed by atoms with van der Waals surface area (Å²) in [7, 11) is 0. The number of nitrogens with zero attached hydrogens (tertiary/aromatic N) is 3. The minimum absolute atomic E-state index is 0.160. The second-order valence-electron chi connectivity index (χ2n) is 5.09. The first kappa shape index (κ1) is 12.7. The van der Waals surface area contributed by atoms with E-state index in [0.717, 1.165) is 32.0 Å². The molecule has 0 bridgehead atoms. The predicted molar refractivity (Wildman–Crippen MR) is 80.5 cm³/mol. The maximum absolute atomic E-state index is 11.0. The fourth-order valence-electron chi connectivity index (χ4n) is 2.53. The number of piperazine rings is 1. The minimum Gasteiger partial charge on any atom is -0.368 e. The quantitative estimate of drug-likeness (QED) is 0.896. The van der Waals surface area contributed by atoms with E-state index in [-0.39, 0.29) is 5.56 Å². The van der Waals surface area contributed by atoms with Gasteiger partial charge in [0.25, 0.3) is 5.56 Å². The van der Waals surface area contributed by atoms with Gasteiger partial charge < -0.3 is 9.80 Å². The highest BCUT2D eigenvalue weighted by Gasteiger charge is 2.18. The molecule has 2 heterocycles. The van der Waals surface area contributed by atoms with E-state index in [4.69, 9.17) is 0 Å². The third kappa shape index (κ3) is 2.66. The van der Waals surface area contributed by atoms with Crippen LogP contribution in [0.2, 0.25) is 0 Å². The standard InChI is InChI=1S/C15H18N4O/c1-12-3-2-4-13(11-12)18-7-9-19(10-8-18)14-5-6-15(20)17-16-14/h2-6,11H,7-10H2,1H3,(H,17,20). The fourth-order valence-corrected chi connectivity index (χ4v) is 2.53. The van der Waals surface area contributed by atoms with Crippen LogP contribution in [0.1, 0.15) is 5.56 Å². The average Bonchev–Trinajstić information content (AvgIpc) is 2.48. The second kappa shape index (κ2) is 5.36. The van der Waals surface area contributed by atoms with Crippen molar-refractivity contribution in [2.75, 3.05) is 36.0 Å². The summed E-state index contributed by atoms with van der Waals surface area (Å²) in [5.74, 6) is 0.841. The van der Waals surface area contributed by atoms with Gasteiger partial charge in [-0.05, 0) is 30.7 Å². The Morgan fingerprint density at radius 3 is 2.45 bits per heavy atom. The Morgan fingerprint density at radius 1 is 1.05 bits per heavy atom. The van der Waals surface area contributed by atoms with Gasteiger partial charge in [-0.1, -0.05) is 12.1 Å². The van der Waals surface area contributed by atoms with E-state index in [1.165, 1.54) is 17.3 Å². The lowest BCUT2D eigenvalue weighted by molar-refractivity contribution is 0.643. The molecule has 0 radical (unpaired) electrons. The van der Waals surface area contributed by atoms with Gasteiger partial charge in [-0.25, -0.2) is 5.10 Å². The molecule has 5 nitrogen and oxygen atoms in total. The third-order valence-electron chi connectivity index (χ3n) is 3.63. The Kier molecular flexibility index (Phi) is 3.41. The average molecular weight is 270 g/mol. The summed E-state index contributed by atoms with van der Waals surface area (Å²) in [6.07, 6.45) is 0. The molecule has 0 saturated carbocycles. The lowest BCUT2D eigenvalue weighted by atomic mass is 10.2. The number of aryl methyl sites for hydroxylation is 1. The highest BCUT2D eigenvalue weighted by molar-refractivity contribution is 5.50. The zero-order valence-electron chi connectivity index (χ0n) is 11.5. The Balaban J connectivity index is 1.67. The molecule has 0 unspecified atom stereocenters. The van der Waals surface area contributed by atoms with Crippen LogP contribution in [0.25, 0.3) is 0 Å². The van der Waals surface area contributed by atoms with Gasteiger partial charge in [-0.2, -0.15) is 5.10 Å². The Morgan fingerprint density at radius 2 is 1.80 bits per heavy atom. The summed E-state index contributed by atoms with van der Waals surface area (Å²) in [5, 5.41) is 6.57. The molecule has 5 heteroatoms. The largest absolute Gasteiger partial charge is 0.368 e. The number of rotatable bonds is 2. The number of benzene rings is 1. The Bertz CT molecular complexity index is 624. The van der Waals surface area contributed by atoms with Gasteiger partial charge in [0.05, 0.1) is 0 Å². The molecular weight excluding hydrogens is 252 g/mol. The molecule has 1 fully saturated rings. The number of hydrogen-bond donors (Lipinski definition) is 1. The van der Waals surface area contributed by atoms with Crippen LogP contribution in [-0.4, -0.2) is 36.4 Å². The molecule has 104 valence electrons. The van der Waals surface area contributed by atoms with Crippen molar-refractivity contribution >= 4 is 11.5 Å². The smallest absolute Gasteiger partial charge is 0.264 e. The van der Waals surface area contributed by atoms with Crippen molar-refractivity contribution < 1.29 is 0 Å². The van der Waals surface area contributed by atoms with Crippen LogP contribution in [0.5, 0.6) is 0 Å². The number of hydrogen-bond acceptors (Lipinski definition) is 4. The number of aromatic nitrogens is 2. The van der Waals surface area contributed by atoms with Crippen molar-refractivity contribution in [3.05, 3.63) is 52.3 Å². The van der Waals surface area contributed by atoms with Crippen molar-refractivity contribution in [2.45, 2.75) is 6.92 Å². The van der Waals surface area contributed by atoms with Crippen LogP contribution in [0.3, 0.4) is 0 Å². The van der Waals surface area contributed by atoms with Crippen molar-refractivity contribution in [3.63, 3.8) is 0 Å². The van der Waals surface area contributed by atoms with Gasteiger partial charge in [0, 0.05) is 37.9 Å². The molecule has 20 heavy (non-hydrogen) atoms. The van der Waals surface area contributed by atoms with Crippen LogP contribution < -0.4 is 15.4 Å². The topological polar surface area (TPSA) is 52.2 Å². The van der Waals surface area contributed by atoms with Crippen molar-refractivity contribution in [1.82, 2.24) is 10.2 Å². The summed E-state index contributed by atoms with van der Waals surface area (Å²) < 4.78 is 0. The van der Waals surface area contributed by atoms with E-state index >= 15 is 0 Å². The van der Waals surface area contributed by atoms with Gasteiger partial charge in [-0.3, -0.25) is 4.79 Å². The third-order valence-corrected chi connectivity index (χ3v) is 3.63. The molecule has 1 aromatic carbocycles. The fraction of sp³-hybridized carbons (Fsp3) is 0.333. The lowest BCUT2D eigenvalue weighted by Crippen LogP contribution is -2.47. The highest BCUT2D eigenvalue weighted by atomic mass is 16.1. The summed E-state index contributed by atoms with van der Waals surface area (Å²) in [6.45, 7) is 5.86. The summed E-state index contributed by atoms with van der Waals surface area (Å²) in [5.41, 5.74) is 2.40. The van der Waals surface area contributed by atoms with Crippen molar-refractivity contribution in [3.8, 4) is 0 Å². The molecule has 2 aromatic rings. The van der Waals surface area contributed by atoms with E-state index < -0.39 is 0 Å². The van der Waals surface area contributed by atoms with E-state index in [1.807, 2.05) is 0 Å². The highest BCUT2D eigenvalue weighted by Crippen LogP contribution is 2.19. The molecule has 0 amide bonds. The molecule has 1 N–H and O–H groups in total. The van der Waals surface area contributed by atoms with Gasteiger partial charge in [0.15, 0.2) is 0 Å². The van der Waals surface area contributed by atoms with E-state index in [0.29, 0.717) is 0 Å². The van der Waals surface area contributed by atoms with Crippen molar-refractivity contribution in [2.24, 2.45) is 0 Å². The summed E-state index contributed by atoms with van der Waals surface area (Å²) in [6, 6.07) is 11.9. The molecule has 1 aliphatic heterocycles. The van der Waals surface area contributed by atoms with Gasteiger partial charge in [0.2, 0.25) is 0 Å². The molecule has 0 atom stereocenters. The van der Waals surface area contributed by atoms with Crippen LogP contribution in [-0.2, 0) is 0 Å². The first-order valence-corrected chi connectivity index (χ1v) is 6.85. The first-order valence-electron chi connectivity index (χ1n) is 6.85. The maximum atomic E-state index is 11.0. The van der Waals surface area contributed by atoms with Gasteiger partial charge in [0.1, 0.15) is 5.82 Å². The summed E-state index contributed by atoms with van der Waals surface area (Å²) >= 11 is 0. The molecule has 1 aliphatic rings. The number of anilines is 2. The predicted octanol–water partition coefficient (Wildman–Crippen LogP) is 1.40. The van der Waals surface area contributed by atoms with Crippen LogP contribution in [0, 0.1) is 6.92 Å². The minimum atomic E-state index is -0.160. The van der Waals surface area contributed by atoms with Crippen LogP contribution >= 0.6 is 0 Å². The summed E-state index contributed by atoms with van der Waals surface area (Å²) in [4.78, 5) is 15.6. The Hall–Kier alpha value is -2.30. The van der Waals surface area contributed by atoms with E-state index in [9.17, 15) is 4.79 Å². The first-order chi connectivity index (χ1) is 9.72. The molecule has 3 rings (SSSR count). The number of aromatic amines is 1. The van der Waals surface area contributed by atoms with E-state index in [1.54, 1.807) is 6.07 Å². The van der Waals surface area contributed by atoms with Crippen LogP contribution in [0.4, 0.5) is 11.5 Å². The normalized spacial score (nSPS) is 15.4. The second-order valence-corrected chi connectivity index (χ2v) is 5.09. The van der Waals surface area contributed by atoms with Crippen molar-refractivity contribution in [1.29, 1.82) is 0 Å². The molecular formula is C15H18N4O. The SMILES string of the molecule is Cc1cccc(N2CCN(c3ccc(=O)[nH]n3)CC2)c1. The molecule has 0 aliphatic carbocycles. The molecule has 1 aromatic heterocycles. The molecule has 1 saturated heterocycles. The Labute approximate surface area is 117 Å². The lowest BCUT2D eigenvalue weighted by Gasteiger charge is -2.36.